The van der Waals surface area contributed by atoms with Crippen molar-refractivity contribution in [1.82, 2.24) is 15.1 Å². The zero-order valence-corrected chi connectivity index (χ0v) is 23.2. The van der Waals surface area contributed by atoms with Crippen molar-refractivity contribution >= 4 is 35.0 Å². The lowest BCUT2D eigenvalue weighted by atomic mass is 10.0. The third-order valence-electron chi connectivity index (χ3n) is 5.94. The largest absolute Gasteiger partial charge is 0.392 e. The van der Waals surface area contributed by atoms with Crippen LogP contribution in [0.3, 0.4) is 0 Å². The zero-order chi connectivity index (χ0) is 27.4. The molecule has 1 heterocycles. The van der Waals surface area contributed by atoms with Gasteiger partial charge in [-0.15, -0.1) is 0 Å². The number of carbonyl (C=O) groups excluding carboxylic acids is 2. The van der Waals surface area contributed by atoms with Gasteiger partial charge in [0, 0.05) is 39.5 Å². The number of methoxy groups -OCH3 is 1. The monoisotopic (exact) mass is 553 g/mol. The molecule has 2 amide bonds. The van der Waals surface area contributed by atoms with Gasteiger partial charge < -0.3 is 24.8 Å². The standard InChI is InChI=1S/C27H37Cl2N3O5/c1-5-6-21(30-26(34)18-37-12-11-36-4)13-19(2)25(17-32-10-9-22(33)16-32)31(3)27(35)15-20-7-8-23(28)24(29)14-20/h5-8,13-14,22,25,33H,2,9-12,15-18H2,1,3-4H3,(H,30,34)/b6-5-,21-13+/t22-,25+/m0/s1. The number of amides is 2. The first-order valence-corrected chi connectivity index (χ1v) is 12.9. The molecular formula is C27H37Cl2N3O5. The fraction of sp³-hybridized carbons (Fsp3) is 0.481. The molecule has 1 fully saturated rings. The summed E-state index contributed by atoms with van der Waals surface area (Å²) in [6.07, 6.45) is 5.74. The van der Waals surface area contributed by atoms with E-state index in [0.29, 0.717) is 54.0 Å². The smallest absolute Gasteiger partial charge is 0.250 e. The molecule has 0 aliphatic carbocycles. The molecule has 2 N–H and O–H groups in total. The molecule has 2 rings (SSSR count). The predicted molar refractivity (Wildman–Crippen MR) is 147 cm³/mol. The fourth-order valence-electron chi connectivity index (χ4n) is 3.94. The Bertz CT molecular complexity index is 998. The highest BCUT2D eigenvalue weighted by atomic mass is 35.5. The van der Waals surface area contributed by atoms with Crippen LogP contribution in [0, 0.1) is 0 Å². The van der Waals surface area contributed by atoms with Crippen LogP contribution >= 0.6 is 23.2 Å². The maximum atomic E-state index is 13.3. The van der Waals surface area contributed by atoms with E-state index >= 15 is 0 Å². The number of likely N-dealkylation sites (N-methyl/N-ethyl adjacent to an activating group) is 1. The quantitative estimate of drug-likeness (QED) is 0.271. The molecule has 1 aliphatic heterocycles. The Balaban J connectivity index is 2.19. The number of β-amino-alcohol motifs (C(OH)–C–C–N with tert-alkyl or cyclic N) is 1. The van der Waals surface area contributed by atoms with Crippen molar-refractivity contribution in [3.05, 3.63) is 69.9 Å². The summed E-state index contributed by atoms with van der Waals surface area (Å²) in [6.45, 7) is 8.43. The van der Waals surface area contributed by atoms with E-state index in [-0.39, 0.29) is 24.8 Å². The van der Waals surface area contributed by atoms with Crippen LogP contribution in [0.4, 0.5) is 0 Å². The van der Waals surface area contributed by atoms with Crippen molar-refractivity contribution < 1.29 is 24.2 Å². The molecule has 0 unspecified atom stereocenters. The number of aliphatic hydroxyl groups is 1. The molecule has 1 saturated heterocycles. The van der Waals surface area contributed by atoms with E-state index in [1.807, 2.05) is 6.92 Å². The van der Waals surface area contributed by atoms with Crippen molar-refractivity contribution in [3.8, 4) is 0 Å². The van der Waals surface area contributed by atoms with Gasteiger partial charge in [0.1, 0.15) is 6.61 Å². The second-order valence-electron chi connectivity index (χ2n) is 8.92. The Hall–Kier alpha value is -2.20. The topological polar surface area (TPSA) is 91.3 Å². The summed E-state index contributed by atoms with van der Waals surface area (Å²) in [5.41, 5.74) is 1.92. The van der Waals surface area contributed by atoms with Crippen LogP contribution in [-0.2, 0) is 25.5 Å². The molecule has 0 radical (unpaired) electrons. The highest BCUT2D eigenvalue weighted by Crippen LogP contribution is 2.24. The zero-order valence-electron chi connectivity index (χ0n) is 21.7. The molecule has 2 atom stereocenters. The predicted octanol–water partition coefficient (Wildman–Crippen LogP) is 3.22. The van der Waals surface area contributed by atoms with E-state index in [1.54, 1.807) is 55.5 Å². The molecule has 0 aromatic heterocycles. The first-order valence-electron chi connectivity index (χ1n) is 12.1. The molecule has 0 bridgehead atoms. The Kier molecular flexibility index (Phi) is 13.3. The molecule has 1 aliphatic rings. The number of aliphatic hydroxyl groups excluding tert-OH is 1. The Morgan fingerprint density at radius 3 is 2.70 bits per heavy atom. The van der Waals surface area contributed by atoms with Crippen LogP contribution < -0.4 is 5.32 Å². The maximum absolute atomic E-state index is 13.3. The second-order valence-corrected chi connectivity index (χ2v) is 9.73. The molecule has 8 nitrogen and oxygen atoms in total. The van der Waals surface area contributed by atoms with Crippen molar-refractivity contribution in [1.29, 1.82) is 0 Å². The van der Waals surface area contributed by atoms with Gasteiger partial charge in [-0.3, -0.25) is 14.5 Å². The molecule has 0 saturated carbocycles. The van der Waals surface area contributed by atoms with Crippen LogP contribution in [0.1, 0.15) is 18.9 Å². The SMILES string of the molecule is C=C(/C=C(\C=C/C)NC(=O)COCCOC)[C@@H](CN1CC[C@H](O)C1)N(C)C(=O)Cc1ccc(Cl)c(Cl)c1. The van der Waals surface area contributed by atoms with E-state index < -0.39 is 12.1 Å². The van der Waals surface area contributed by atoms with Gasteiger partial charge in [0.15, 0.2) is 0 Å². The van der Waals surface area contributed by atoms with E-state index in [1.165, 1.54) is 0 Å². The summed E-state index contributed by atoms with van der Waals surface area (Å²) in [6, 6.07) is 4.73. The molecule has 1 aromatic carbocycles. The summed E-state index contributed by atoms with van der Waals surface area (Å²) in [5.74, 6) is -0.433. The Morgan fingerprint density at radius 2 is 2.08 bits per heavy atom. The van der Waals surface area contributed by atoms with E-state index in [2.05, 4.69) is 16.8 Å². The average Bonchev–Trinajstić information content (AvgIpc) is 3.26. The number of hydrogen-bond donors (Lipinski definition) is 2. The van der Waals surface area contributed by atoms with Gasteiger partial charge in [0.2, 0.25) is 11.8 Å². The van der Waals surface area contributed by atoms with Gasteiger partial charge in [0.05, 0.1) is 41.8 Å². The third-order valence-corrected chi connectivity index (χ3v) is 6.68. The number of carbonyl (C=O) groups is 2. The Labute approximate surface area is 229 Å². The molecular weight excluding hydrogens is 517 g/mol. The van der Waals surface area contributed by atoms with Crippen LogP contribution in [0.25, 0.3) is 0 Å². The van der Waals surface area contributed by atoms with Crippen molar-refractivity contribution in [3.63, 3.8) is 0 Å². The van der Waals surface area contributed by atoms with Gasteiger partial charge in [-0.05, 0) is 48.8 Å². The van der Waals surface area contributed by atoms with Crippen LogP contribution in [0.15, 0.2) is 54.3 Å². The normalized spacial score (nSPS) is 17.2. The lowest BCUT2D eigenvalue weighted by Gasteiger charge is -2.32. The molecule has 1 aromatic rings. The summed E-state index contributed by atoms with van der Waals surface area (Å²) >= 11 is 12.1. The molecule has 204 valence electrons. The number of benzene rings is 1. The van der Waals surface area contributed by atoms with Crippen molar-refractivity contribution in [2.24, 2.45) is 0 Å². The lowest BCUT2D eigenvalue weighted by Crippen LogP contribution is -2.46. The number of likely N-dealkylation sites (tertiary alicyclic amines) is 1. The molecule has 37 heavy (non-hydrogen) atoms. The van der Waals surface area contributed by atoms with E-state index in [9.17, 15) is 14.7 Å². The van der Waals surface area contributed by atoms with Crippen molar-refractivity contribution in [2.75, 3.05) is 53.6 Å². The van der Waals surface area contributed by atoms with Gasteiger partial charge in [-0.2, -0.15) is 0 Å². The van der Waals surface area contributed by atoms with Gasteiger partial charge in [0.25, 0.3) is 0 Å². The summed E-state index contributed by atoms with van der Waals surface area (Å²) in [7, 11) is 3.29. The summed E-state index contributed by atoms with van der Waals surface area (Å²) < 4.78 is 10.2. The van der Waals surface area contributed by atoms with Gasteiger partial charge in [-0.25, -0.2) is 0 Å². The number of nitrogens with one attached hydrogen (secondary N) is 1. The van der Waals surface area contributed by atoms with Gasteiger partial charge >= 0.3 is 0 Å². The molecule has 10 heteroatoms. The van der Waals surface area contributed by atoms with Crippen molar-refractivity contribution in [2.45, 2.75) is 31.9 Å². The van der Waals surface area contributed by atoms with E-state index in [0.717, 1.165) is 12.1 Å². The molecule has 0 spiro atoms. The van der Waals surface area contributed by atoms with Crippen LogP contribution in [0.2, 0.25) is 10.0 Å². The summed E-state index contributed by atoms with van der Waals surface area (Å²) in [5, 5.41) is 13.7. The first kappa shape index (κ1) is 31.0. The van der Waals surface area contributed by atoms with Crippen LogP contribution in [0.5, 0.6) is 0 Å². The number of ether oxygens (including phenoxy) is 2. The minimum atomic E-state index is -0.393. The summed E-state index contributed by atoms with van der Waals surface area (Å²) in [4.78, 5) is 29.4. The number of rotatable bonds is 14. The van der Waals surface area contributed by atoms with Crippen LogP contribution in [-0.4, -0.2) is 92.5 Å². The van der Waals surface area contributed by atoms with E-state index in [4.69, 9.17) is 32.7 Å². The minimum Gasteiger partial charge on any atom is -0.392 e. The third kappa shape index (κ3) is 10.6. The minimum absolute atomic E-state index is 0.109. The number of allylic oxidation sites excluding steroid dienone is 2. The highest BCUT2D eigenvalue weighted by Gasteiger charge is 2.28. The lowest BCUT2D eigenvalue weighted by molar-refractivity contribution is -0.131. The second kappa shape index (κ2) is 15.9. The fourth-order valence-corrected chi connectivity index (χ4v) is 4.26. The number of nitrogens with zero attached hydrogens (tertiary/aromatic N) is 2. The number of halogens is 2. The first-order chi connectivity index (χ1) is 17.6. The Morgan fingerprint density at radius 1 is 1.32 bits per heavy atom. The maximum Gasteiger partial charge on any atom is 0.250 e. The van der Waals surface area contributed by atoms with Gasteiger partial charge in [-0.1, -0.05) is 41.9 Å². The number of hydrogen-bond acceptors (Lipinski definition) is 6. The highest BCUT2D eigenvalue weighted by molar-refractivity contribution is 6.42. The average molecular weight is 555 g/mol.